The highest BCUT2D eigenvalue weighted by Gasteiger charge is 2.23. The maximum absolute atomic E-state index is 12.2. The number of rotatable bonds is 7. The number of nitrogens with zero attached hydrogens (tertiary/aromatic N) is 1. The number of esters is 1. The van der Waals surface area contributed by atoms with Crippen molar-refractivity contribution in [1.82, 2.24) is 5.32 Å². The van der Waals surface area contributed by atoms with Crippen LogP contribution >= 0.6 is 12.2 Å². The van der Waals surface area contributed by atoms with Crippen LogP contribution in [0, 0.1) is 17.0 Å². The van der Waals surface area contributed by atoms with Crippen LogP contribution in [0.4, 0.5) is 5.69 Å². The summed E-state index contributed by atoms with van der Waals surface area (Å²) >= 11 is 5.57. The maximum Gasteiger partial charge on any atom is 0.328 e. The van der Waals surface area contributed by atoms with Crippen molar-refractivity contribution in [2.75, 3.05) is 7.11 Å². The van der Waals surface area contributed by atoms with Gasteiger partial charge in [-0.05, 0) is 30.0 Å². The average molecular weight is 386 g/mol. The molecule has 0 radical (unpaired) electrons. The van der Waals surface area contributed by atoms with Gasteiger partial charge in [-0.25, -0.2) is 4.79 Å². The smallest absolute Gasteiger partial charge is 0.328 e. The van der Waals surface area contributed by atoms with E-state index in [1.54, 1.807) is 12.1 Å². The van der Waals surface area contributed by atoms with Gasteiger partial charge in [0.15, 0.2) is 0 Å². The molecule has 6 nitrogen and oxygen atoms in total. The SMILES string of the molecule is CCc1cccc(C)c1C(=S)N[C@@H](Cc1ccc([N+](=O)[O-])cc1)C(=O)OC. The zero-order chi connectivity index (χ0) is 20.0. The van der Waals surface area contributed by atoms with Crippen LogP contribution in [0.5, 0.6) is 0 Å². The highest BCUT2D eigenvalue weighted by atomic mass is 32.1. The van der Waals surface area contributed by atoms with Crippen LogP contribution < -0.4 is 5.32 Å². The Labute approximate surface area is 163 Å². The summed E-state index contributed by atoms with van der Waals surface area (Å²) in [6.07, 6.45) is 1.13. The number of carbonyl (C=O) groups excluding carboxylic acids is 1. The Morgan fingerprint density at radius 3 is 2.48 bits per heavy atom. The molecule has 0 aliphatic heterocycles. The van der Waals surface area contributed by atoms with Gasteiger partial charge in [-0.1, -0.05) is 49.5 Å². The van der Waals surface area contributed by atoms with Crippen molar-refractivity contribution in [3.8, 4) is 0 Å². The molecule has 0 amide bonds. The number of non-ortho nitro benzene ring substituents is 1. The van der Waals surface area contributed by atoms with Crippen molar-refractivity contribution in [2.45, 2.75) is 32.7 Å². The van der Waals surface area contributed by atoms with Gasteiger partial charge in [0, 0.05) is 24.1 Å². The Morgan fingerprint density at radius 1 is 1.26 bits per heavy atom. The number of nitro benzene ring substituents is 1. The number of benzene rings is 2. The lowest BCUT2D eigenvalue weighted by molar-refractivity contribution is -0.384. The summed E-state index contributed by atoms with van der Waals surface area (Å²) in [7, 11) is 1.32. The van der Waals surface area contributed by atoms with E-state index in [0.29, 0.717) is 11.4 Å². The standard InChI is InChI=1S/C20H22N2O4S/c1-4-15-7-5-6-13(2)18(15)19(27)21-17(20(23)26-3)12-14-8-10-16(11-9-14)22(24)25/h5-11,17H,4,12H2,1-3H3,(H,21,27)/t17-/m0/s1. The van der Waals surface area contributed by atoms with Crippen LogP contribution in [0.15, 0.2) is 42.5 Å². The number of hydrogen-bond acceptors (Lipinski definition) is 5. The normalized spacial score (nSPS) is 11.5. The van der Waals surface area contributed by atoms with Crippen LogP contribution in [-0.4, -0.2) is 29.0 Å². The molecule has 0 bridgehead atoms. The average Bonchev–Trinajstić information content (AvgIpc) is 2.66. The third-order valence-corrected chi connectivity index (χ3v) is 4.67. The van der Waals surface area contributed by atoms with Crippen molar-refractivity contribution < 1.29 is 14.5 Å². The Bertz CT molecular complexity index is 850. The summed E-state index contributed by atoms with van der Waals surface area (Å²) in [5.74, 6) is -0.442. The summed E-state index contributed by atoms with van der Waals surface area (Å²) in [6.45, 7) is 4.03. The molecule has 2 rings (SSSR count). The summed E-state index contributed by atoms with van der Waals surface area (Å²) in [4.78, 5) is 23.1. The van der Waals surface area contributed by atoms with E-state index in [4.69, 9.17) is 17.0 Å². The van der Waals surface area contributed by atoms with Gasteiger partial charge in [-0.3, -0.25) is 10.1 Å². The van der Waals surface area contributed by atoms with Crippen molar-refractivity contribution in [3.05, 3.63) is 74.8 Å². The number of methoxy groups -OCH3 is 1. The van der Waals surface area contributed by atoms with Crippen LogP contribution in [0.25, 0.3) is 0 Å². The number of nitro groups is 1. The van der Waals surface area contributed by atoms with Gasteiger partial charge in [0.05, 0.1) is 12.0 Å². The fourth-order valence-corrected chi connectivity index (χ4v) is 3.34. The van der Waals surface area contributed by atoms with Gasteiger partial charge >= 0.3 is 5.97 Å². The Balaban J connectivity index is 2.23. The van der Waals surface area contributed by atoms with E-state index in [1.807, 2.05) is 25.1 Å². The molecule has 7 heteroatoms. The molecule has 0 unspecified atom stereocenters. The summed E-state index contributed by atoms with van der Waals surface area (Å²) in [5, 5.41) is 13.9. The van der Waals surface area contributed by atoms with E-state index in [0.717, 1.165) is 28.7 Å². The van der Waals surface area contributed by atoms with Gasteiger partial charge in [0.2, 0.25) is 0 Å². The quantitative estimate of drug-likeness (QED) is 0.339. The molecule has 27 heavy (non-hydrogen) atoms. The van der Waals surface area contributed by atoms with E-state index in [2.05, 4.69) is 12.2 Å². The third kappa shape index (κ3) is 5.10. The minimum Gasteiger partial charge on any atom is -0.467 e. The number of nitrogens with one attached hydrogen (secondary N) is 1. The predicted octanol–water partition coefficient (Wildman–Crippen LogP) is 3.52. The van der Waals surface area contributed by atoms with E-state index >= 15 is 0 Å². The van der Waals surface area contributed by atoms with E-state index in [1.165, 1.54) is 19.2 Å². The van der Waals surface area contributed by atoms with Gasteiger partial charge in [0.1, 0.15) is 11.0 Å². The first-order chi connectivity index (χ1) is 12.9. The lowest BCUT2D eigenvalue weighted by Crippen LogP contribution is -2.43. The largest absolute Gasteiger partial charge is 0.467 e. The molecule has 1 N–H and O–H groups in total. The van der Waals surface area contributed by atoms with Gasteiger partial charge < -0.3 is 10.1 Å². The number of ether oxygens (including phenoxy) is 1. The van der Waals surface area contributed by atoms with Crippen LogP contribution in [-0.2, 0) is 22.4 Å². The minimum absolute atomic E-state index is 0.00402. The lowest BCUT2D eigenvalue weighted by Gasteiger charge is -2.21. The predicted molar refractivity (Wildman–Crippen MR) is 108 cm³/mol. The van der Waals surface area contributed by atoms with Crippen molar-refractivity contribution in [1.29, 1.82) is 0 Å². The van der Waals surface area contributed by atoms with Gasteiger partial charge in [0.25, 0.3) is 5.69 Å². The Morgan fingerprint density at radius 2 is 1.93 bits per heavy atom. The molecule has 0 aromatic heterocycles. The topological polar surface area (TPSA) is 81.5 Å². The first kappa shape index (κ1) is 20.5. The first-order valence-electron chi connectivity index (χ1n) is 8.57. The molecule has 0 aliphatic rings. The second-order valence-corrected chi connectivity index (χ2v) is 6.55. The molecule has 2 aromatic carbocycles. The molecule has 0 saturated carbocycles. The molecule has 1 atom stereocenters. The van der Waals surface area contributed by atoms with Crippen molar-refractivity contribution >= 4 is 28.9 Å². The van der Waals surface area contributed by atoms with Crippen LogP contribution in [0.3, 0.4) is 0 Å². The molecule has 0 spiro atoms. The van der Waals surface area contributed by atoms with Gasteiger partial charge in [-0.15, -0.1) is 0 Å². The summed E-state index contributed by atoms with van der Waals surface area (Å²) < 4.78 is 4.90. The Hall–Kier alpha value is -2.80. The van der Waals surface area contributed by atoms with E-state index in [9.17, 15) is 14.9 Å². The monoisotopic (exact) mass is 386 g/mol. The third-order valence-electron chi connectivity index (χ3n) is 4.35. The highest BCUT2D eigenvalue weighted by molar-refractivity contribution is 7.80. The van der Waals surface area contributed by atoms with Crippen LogP contribution in [0.1, 0.15) is 29.2 Å². The molecular formula is C20H22N2O4S. The summed E-state index contributed by atoms with van der Waals surface area (Å²) in [6, 6.07) is 11.4. The molecule has 2 aromatic rings. The van der Waals surface area contributed by atoms with Crippen molar-refractivity contribution in [3.63, 3.8) is 0 Å². The zero-order valence-electron chi connectivity index (χ0n) is 15.5. The van der Waals surface area contributed by atoms with Crippen molar-refractivity contribution in [2.24, 2.45) is 0 Å². The number of carbonyl (C=O) groups is 1. The maximum atomic E-state index is 12.2. The fraction of sp³-hybridized carbons (Fsp3) is 0.300. The minimum atomic E-state index is -0.687. The molecular weight excluding hydrogens is 364 g/mol. The zero-order valence-corrected chi connectivity index (χ0v) is 16.3. The number of thiocarbonyl (C=S) groups is 1. The molecule has 0 fully saturated rings. The second-order valence-electron chi connectivity index (χ2n) is 6.14. The molecule has 142 valence electrons. The van der Waals surface area contributed by atoms with Crippen LogP contribution in [0.2, 0.25) is 0 Å². The number of hydrogen-bond donors (Lipinski definition) is 1. The Kier molecular flexibility index (Phi) is 7.01. The lowest BCUT2D eigenvalue weighted by atomic mass is 9.99. The highest BCUT2D eigenvalue weighted by Crippen LogP contribution is 2.17. The number of aryl methyl sites for hydroxylation is 2. The summed E-state index contributed by atoms with van der Waals surface area (Å²) in [5.41, 5.74) is 3.83. The second kappa shape index (κ2) is 9.23. The molecule has 0 aliphatic carbocycles. The fourth-order valence-electron chi connectivity index (χ4n) is 2.90. The first-order valence-corrected chi connectivity index (χ1v) is 8.98. The van der Waals surface area contributed by atoms with E-state index in [-0.39, 0.29) is 5.69 Å². The molecule has 0 heterocycles. The van der Waals surface area contributed by atoms with E-state index < -0.39 is 16.9 Å². The van der Waals surface area contributed by atoms with Gasteiger partial charge in [-0.2, -0.15) is 0 Å². The molecule has 0 saturated heterocycles.